The second-order valence-electron chi connectivity index (χ2n) is 6.52. The van der Waals surface area contributed by atoms with Crippen molar-refractivity contribution in [3.8, 4) is 0 Å². The highest BCUT2D eigenvalue weighted by atomic mass is 16.3. The molecule has 0 fully saturated rings. The zero-order valence-corrected chi connectivity index (χ0v) is 14.6. The number of imide groups is 1. The van der Waals surface area contributed by atoms with Crippen LogP contribution in [0.2, 0.25) is 0 Å². The van der Waals surface area contributed by atoms with Crippen LogP contribution < -0.4 is 5.32 Å². The summed E-state index contributed by atoms with van der Waals surface area (Å²) < 4.78 is 5.86. The molecular weight excluding hydrogens is 328 g/mol. The van der Waals surface area contributed by atoms with Gasteiger partial charge in [-0.1, -0.05) is 30.3 Å². The summed E-state index contributed by atoms with van der Waals surface area (Å²) in [7, 11) is 0. The Bertz CT molecular complexity index is 908. The zero-order valence-electron chi connectivity index (χ0n) is 14.6. The summed E-state index contributed by atoms with van der Waals surface area (Å²) in [6.45, 7) is 3.14. The minimum Gasteiger partial charge on any atom is -0.459 e. The van der Waals surface area contributed by atoms with Gasteiger partial charge in [0.05, 0.1) is 17.2 Å². The van der Waals surface area contributed by atoms with Crippen molar-refractivity contribution in [2.75, 3.05) is 13.1 Å². The SMILES string of the molecule is CC(NCCCN1C(=O)c2ccccc2C1=O)c1cc2ccccc2o1. The molecule has 2 aromatic carbocycles. The Morgan fingerprint density at radius 1 is 1.00 bits per heavy atom. The standard InChI is InChI=1S/C21H20N2O3/c1-14(19-13-15-7-2-5-10-18(15)26-19)22-11-6-12-23-20(24)16-8-3-4-9-17(16)21(23)25/h2-5,7-10,13-14,22H,6,11-12H2,1H3. The molecule has 1 aromatic heterocycles. The highest BCUT2D eigenvalue weighted by molar-refractivity contribution is 6.21. The molecule has 3 aromatic rings. The molecule has 1 unspecified atom stereocenters. The molecule has 1 atom stereocenters. The Kier molecular flexibility index (Phi) is 4.31. The topological polar surface area (TPSA) is 62.6 Å². The largest absolute Gasteiger partial charge is 0.459 e. The van der Waals surface area contributed by atoms with E-state index in [0.29, 0.717) is 30.6 Å². The van der Waals surface area contributed by atoms with Crippen LogP contribution in [0.1, 0.15) is 45.9 Å². The van der Waals surface area contributed by atoms with Crippen molar-refractivity contribution in [2.24, 2.45) is 0 Å². The second-order valence-corrected chi connectivity index (χ2v) is 6.52. The van der Waals surface area contributed by atoms with Gasteiger partial charge in [-0.3, -0.25) is 14.5 Å². The average Bonchev–Trinajstić information content (AvgIpc) is 3.20. The number of rotatable bonds is 6. The van der Waals surface area contributed by atoms with Crippen LogP contribution in [0.25, 0.3) is 11.0 Å². The molecule has 0 aliphatic carbocycles. The molecule has 0 saturated carbocycles. The summed E-state index contributed by atoms with van der Waals surface area (Å²) in [5.74, 6) is 0.485. The minimum atomic E-state index is -0.198. The van der Waals surface area contributed by atoms with Gasteiger partial charge >= 0.3 is 0 Å². The fourth-order valence-electron chi connectivity index (χ4n) is 3.31. The average molecular weight is 348 g/mol. The van der Waals surface area contributed by atoms with Crippen LogP contribution in [0.15, 0.2) is 59.0 Å². The van der Waals surface area contributed by atoms with Crippen molar-refractivity contribution < 1.29 is 14.0 Å². The number of hydrogen-bond acceptors (Lipinski definition) is 4. The molecule has 1 aliphatic rings. The molecule has 132 valence electrons. The Morgan fingerprint density at radius 3 is 2.35 bits per heavy atom. The van der Waals surface area contributed by atoms with Gasteiger partial charge in [0.15, 0.2) is 0 Å². The molecule has 0 radical (unpaired) electrons. The third kappa shape index (κ3) is 2.91. The molecule has 2 amide bonds. The maximum atomic E-state index is 12.3. The number of nitrogens with one attached hydrogen (secondary N) is 1. The number of fused-ring (bicyclic) bond motifs is 2. The summed E-state index contributed by atoms with van der Waals surface area (Å²) in [5, 5.41) is 4.48. The first kappa shape index (κ1) is 16.5. The van der Waals surface area contributed by atoms with E-state index in [1.54, 1.807) is 24.3 Å². The van der Waals surface area contributed by atoms with Crippen molar-refractivity contribution in [2.45, 2.75) is 19.4 Å². The second kappa shape index (κ2) is 6.77. The highest BCUT2D eigenvalue weighted by Crippen LogP contribution is 2.24. The van der Waals surface area contributed by atoms with Gasteiger partial charge < -0.3 is 9.73 Å². The summed E-state index contributed by atoms with van der Waals surface area (Å²) >= 11 is 0. The van der Waals surface area contributed by atoms with Crippen molar-refractivity contribution in [1.82, 2.24) is 10.2 Å². The van der Waals surface area contributed by atoms with Crippen molar-refractivity contribution >= 4 is 22.8 Å². The van der Waals surface area contributed by atoms with E-state index in [1.165, 1.54) is 4.90 Å². The van der Waals surface area contributed by atoms with E-state index < -0.39 is 0 Å². The normalized spacial score (nSPS) is 14.9. The summed E-state index contributed by atoms with van der Waals surface area (Å²) in [4.78, 5) is 26.0. The number of carbonyl (C=O) groups is 2. The molecule has 1 aliphatic heterocycles. The molecule has 5 nitrogen and oxygen atoms in total. The molecular formula is C21H20N2O3. The van der Waals surface area contributed by atoms with E-state index in [2.05, 4.69) is 5.32 Å². The lowest BCUT2D eigenvalue weighted by Gasteiger charge is -2.15. The molecule has 2 heterocycles. The van der Waals surface area contributed by atoms with E-state index in [9.17, 15) is 9.59 Å². The van der Waals surface area contributed by atoms with Gasteiger partial charge in [-0.15, -0.1) is 0 Å². The Morgan fingerprint density at radius 2 is 1.65 bits per heavy atom. The fourth-order valence-corrected chi connectivity index (χ4v) is 3.31. The van der Waals surface area contributed by atoms with Gasteiger partial charge in [0.2, 0.25) is 0 Å². The van der Waals surface area contributed by atoms with E-state index in [4.69, 9.17) is 4.42 Å². The summed E-state index contributed by atoms with van der Waals surface area (Å²) in [6.07, 6.45) is 0.691. The third-order valence-electron chi connectivity index (χ3n) is 4.76. The van der Waals surface area contributed by atoms with Gasteiger partial charge in [0, 0.05) is 11.9 Å². The number of para-hydroxylation sites is 1. The predicted octanol–water partition coefficient (Wildman–Crippen LogP) is 3.77. The Hall–Kier alpha value is -2.92. The summed E-state index contributed by atoms with van der Waals surface area (Å²) in [6, 6.07) is 17.0. The molecule has 4 rings (SSSR count). The third-order valence-corrected chi connectivity index (χ3v) is 4.76. The lowest BCUT2D eigenvalue weighted by atomic mass is 10.1. The number of nitrogens with zero attached hydrogens (tertiary/aromatic N) is 1. The molecule has 26 heavy (non-hydrogen) atoms. The molecule has 0 bridgehead atoms. The highest BCUT2D eigenvalue weighted by Gasteiger charge is 2.34. The van der Waals surface area contributed by atoms with Crippen molar-refractivity contribution in [3.63, 3.8) is 0 Å². The molecule has 0 saturated heterocycles. The van der Waals surface area contributed by atoms with Crippen LogP contribution >= 0.6 is 0 Å². The monoisotopic (exact) mass is 348 g/mol. The first-order valence-electron chi connectivity index (χ1n) is 8.82. The van der Waals surface area contributed by atoms with Crippen LogP contribution in [0.5, 0.6) is 0 Å². The van der Waals surface area contributed by atoms with Gasteiger partial charge in [-0.05, 0) is 44.2 Å². The number of benzene rings is 2. The maximum Gasteiger partial charge on any atom is 0.261 e. The van der Waals surface area contributed by atoms with Gasteiger partial charge in [0.25, 0.3) is 11.8 Å². The van der Waals surface area contributed by atoms with Gasteiger partial charge in [-0.2, -0.15) is 0 Å². The van der Waals surface area contributed by atoms with Crippen LogP contribution in [-0.4, -0.2) is 29.8 Å². The van der Waals surface area contributed by atoms with Gasteiger partial charge in [0.1, 0.15) is 11.3 Å². The zero-order chi connectivity index (χ0) is 18.1. The lowest BCUT2D eigenvalue weighted by molar-refractivity contribution is 0.0652. The van der Waals surface area contributed by atoms with Crippen LogP contribution in [0.3, 0.4) is 0 Å². The minimum absolute atomic E-state index is 0.0598. The number of carbonyl (C=O) groups excluding carboxylic acids is 2. The van der Waals surface area contributed by atoms with E-state index in [-0.39, 0.29) is 17.9 Å². The van der Waals surface area contributed by atoms with Crippen molar-refractivity contribution in [3.05, 3.63) is 71.5 Å². The lowest BCUT2D eigenvalue weighted by Crippen LogP contribution is -2.32. The molecule has 0 spiro atoms. The number of amides is 2. The van der Waals surface area contributed by atoms with Crippen LogP contribution in [-0.2, 0) is 0 Å². The number of furan rings is 1. The number of hydrogen-bond donors (Lipinski definition) is 1. The van der Waals surface area contributed by atoms with E-state index >= 15 is 0 Å². The smallest absolute Gasteiger partial charge is 0.261 e. The van der Waals surface area contributed by atoms with Crippen molar-refractivity contribution in [1.29, 1.82) is 0 Å². The first-order valence-corrected chi connectivity index (χ1v) is 8.82. The molecule has 1 N–H and O–H groups in total. The Labute approximate surface area is 151 Å². The van der Waals surface area contributed by atoms with E-state index in [0.717, 1.165) is 16.7 Å². The van der Waals surface area contributed by atoms with Crippen LogP contribution in [0.4, 0.5) is 0 Å². The fraction of sp³-hybridized carbons (Fsp3) is 0.238. The van der Waals surface area contributed by atoms with Crippen LogP contribution in [0, 0.1) is 0 Å². The maximum absolute atomic E-state index is 12.3. The predicted molar refractivity (Wildman–Crippen MR) is 99.1 cm³/mol. The van der Waals surface area contributed by atoms with E-state index in [1.807, 2.05) is 37.3 Å². The molecule has 5 heteroatoms. The first-order chi connectivity index (χ1) is 12.6. The summed E-state index contributed by atoms with van der Waals surface area (Å²) in [5.41, 5.74) is 1.88. The quantitative estimate of drug-likeness (QED) is 0.544. The van der Waals surface area contributed by atoms with Gasteiger partial charge in [-0.25, -0.2) is 0 Å². The Balaban J connectivity index is 1.31.